The molecule has 0 saturated heterocycles. The zero-order valence-corrected chi connectivity index (χ0v) is 19.9. The van der Waals surface area contributed by atoms with E-state index in [9.17, 15) is 14.0 Å². The van der Waals surface area contributed by atoms with Crippen LogP contribution in [-0.4, -0.2) is 29.0 Å². The second-order valence-corrected chi connectivity index (χ2v) is 9.44. The Morgan fingerprint density at radius 2 is 1.80 bits per heavy atom. The number of nitrogens with one attached hydrogen (secondary N) is 1. The van der Waals surface area contributed by atoms with Gasteiger partial charge in [0.15, 0.2) is 6.10 Å². The maximum absolute atomic E-state index is 13.5. The predicted octanol–water partition coefficient (Wildman–Crippen LogP) is 5.85. The number of esters is 1. The van der Waals surface area contributed by atoms with Crippen molar-refractivity contribution in [1.29, 1.82) is 0 Å². The number of hydrogen-bond donors (Lipinski definition) is 1. The second kappa shape index (κ2) is 9.98. The molecule has 2 aromatic carbocycles. The number of ether oxygens (including phenoxy) is 1. The van der Waals surface area contributed by atoms with Gasteiger partial charge in [0.1, 0.15) is 5.82 Å². The average Bonchev–Trinajstić information content (AvgIpc) is 3.37. The standard InChI is InChI=1S/C29H29FN2O3/c1-18(28(33)31-22-8-2-3-9-22)35-29(34)26-23-10-4-5-12-25(23)32-27-20(7-6-11-24(26)27)17-19-13-15-21(30)16-14-19/h4-5,10,12-18,22H,2-3,6-9,11H2,1H3,(H,31,33). The number of aromatic nitrogens is 1. The third-order valence-corrected chi connectivity index (χ3v) is 6.94. The molecule has 1 unspecified atom stereocenters. The van der Waals surface area contributed by atoms with Crippen molar-refractivity contribution >= 4 is 34.4 Å². The molecule has 1 aromatic heterocycles. The van der Waals surface area contributed by atoms with E-state index in [4.69, 9.17) is 9.72 Å². The van der Waals surface area contributed by atoms with E-state index in [1.54, 1.807) is 19.1 Å². The molecule has 0 aliphatic heterocycles. The van der Waals surface area contributed by atoms with Gasteiger partial charge in [-0.05, 0) is 80.0 Å². The Balaban J connectivity index is 1.49. The van der Waals surface area contributed by atoms with Crippen molar-refractivity contribution in [3.63, 3.8) is 0 Å². The Morgan fingerprint density at radius 1 is 1.06 bits per heavy atom. The second-order valence-electron chi connectivity index (χ2n) is 9.44. The number of halogens is 1. The van der Waals surface area contributed by atoms with Crippen LogP contribution >= 0.6 is 0 Å². The van der Waals surface area contributed by atoms with Crippen LogP contribution in [0, 0.1) is 5.82 Å². The van der Waals surface area contributed by atoms with Crippen molar-refractivity contribution in [2.45, 2.75) is 64.0 Å². The highest BCUT2D eigenvalue weighted by molar-refractivity contribution is 6.07. The molecule has 0 radical (unpaired) electrons. The first kappa shape index (κ1) is 23.2. The van der Waals surface area contributed by atoms with Crippen LogP contribution in [0.2, 0.25) is 0 Å². The van der Waals surface area contributed by atoms with Crippen LogP contribution in [0.15, 0.2) is 48.5 Å². The average molecular weight is 473 g/mol. The van der Waals surface area contributed by atoms with Crippen LogP contribution in [-0.2, 0) is 16.0 Å². The van der Waals surface area contributed by atoms with Crippen LogP contribution < -0.4 is 5.32 Å². The topological polar surface area (TPSA) is 68.3 Å². The number of pyridine rings is 1. The van der Waals surface area contributed by atoms with E-state index in [-0.39, 0.29) is 17.8 Å². The molecule has 1 amide bonds. The number of fused-ring (bicyclic) bond motifs is 2. The summed E-state index contributed by atoms with van der Waals surface area (Å²) < 4.78 is 19.1. The van der Waals surface area contributed by atoms with Crippen molar-refractivity contribution < 1.29 is 18.7 Å². The number of carbonyl (C=O) groups excluding carboxylic acids is 2. The van der Waals surface area contributed by atoms with Gasteiger partial charge in [0.05, 0.1) is 16.8 Å². The molecule has 0 spiro atoms. The Kier molecular flexibility index (Phi) is 6.62. The largest absolute Gasteiger partial charge is 0.449 e. The summed E-state index contributed by atoms with van der Waals surface area (Å²) >= 11 is 0. The highest BCUT2D eigenvalue weighted by atomic mass is 19.1. The van der Waals surface area contributed by atoms with Crippen molar-refractivity contribution in [2.75, 3.05) is 0 Å². The summed E-state index contributed by atoms with van der Waals surface area (Å²) in [6, 6.07) is 14.0. The summed E-state index contributed by atoms with van der Waals surface area (Å²) in [4.78, 5) is 31.1. The monoisotopic (exact) mass is 472 g/mol. The smallest absolute Gasteiger partial charge is 0.339 e. The fourth-order valence-corrected chi connectivity index (χ4v) is 5.13. The van der Waals surface area contributed by atoms with Crippen LogP contribution in [0.4, 0.5) is 4.39 Å². The van der Waals surface area contributed by atoms with E-state index in [1.807, 2.05) is 30.3 Å². The van der Waals surface area contributed by atoms with E-state index in [0.29, 0.717) is 17.5 Å². The number of allylic oxidation sites excluding steroid dienone is 1. The Bertz CT molecular complexity index is 1290. The SMILES string of the molecule is CC(OC(=O)c1c2c(nc3ccccc13)C(=Cc1ccc(F)cc1)CCC2)C(=O)NC1CCCC1. The molecule has 1 atom stereocenters. The minimum absolute atomic E-state index is 0.164. The molecular weight excluding hydrogens is 443 g/mol. The molecule has 1 N–H and O–H groups in total. The fraction of sp³-hybridized carbons (Fsp3) is 0.345. The van der Waals surface area contributed by atoms with Crippen LogP contribution in [0.25, 0.3) is 22.6 Å². The van der Waals surface area contributed by atoms with Gasteiger partial charge in [-0.1, -0.05) is 43.2 Å². The van der Waals surface area contributed by atoms with Crippen LogP contribution in [0.3, 0.4) is 0 Å². The predicted molar refractivity (Wildman–Crippen MR) is 134 cm³/mol. The summed E-state index contributed by atoms with van der Waals surface area (Å²) in [5.41, 5.74) is 4.69. The molecule has 180 valence electrons. The highest BCUT2D eigenvalue weighted by Crippen LogP contribution is 2.36. The third kappa shape index (κ3) is 4.97. The van der Waals surface area contributed by atoms with E-state index in [0.717, 1.165) is 66.3 Å². The minimum atomic E-state index is -0.886. The zero-order valence-electron chi connectivity index (χ0n) is 19.9. The molecule has 2 aliphatic rings. The number of hydrogen-bond acceptors (Lipinski definition) is 4. The third-order valence-electron chi connectivity index (χ3n) is 6.94. The molecule has 0 bridgehead atoms. The highest BCUT2D eigenvalue weighted by Gasteiger charge is 2.29. The number of nitrogens with zero attached hydrogens (tertiary/aromatic N) is 1. The quantitative estimate of drug-likeness (QED) is 0.473. The van der Waals surface area contributed by atoms with Gasteiger partial charge < -0.3 is 10.1 Å². The van der Waals surface area contributed by atoms with E-state index in [1.165, 1.54) is 12.1 Å². The lowest BCUT2D eigenvalue weighted by Gasteiger charge is -2.23. The van der Waals surface area contributed by atoms with Crippen LogP contribution in [0.1, 0.15) is 72.6 Å². The van der Waals surface area contributed by atoms with Gasteiger partial charge >= 0.3 is 5.97 Å². The molecule has 1 fully saturated rings. The van der Waals surface area contributed by atoms with Gasteiger partial charge in [0, 0.05) is 11.4 Å². The van der Waals surface area contributed by atoms with Gasteiger partial charge in [-0.3, -0.25) is 4.79 Å². The van der Waals surface area contributed by atoms with Crippen molar-refractivity contribution in [1.82, 2.24) is 10.3 Å². The molecule has 1 saturated carbocycles. The summed E-state index contributed by atoms with van der Waals surface area (Å²) in [6.45, 7) is 1.62. The van der Waals surface area contributed by atoms with Gasteiger partial charge in [-0.15, -0.1) is 0 Å². The maximum atomic E-state index is 13.5. The van der Waals surface area contributed by atoms with Crippen molar-refractivity contribution in [2.24, 2.45) is 0 Å². The lowest BCUT2D eigenvalue weighted by molar-refractivity contribution is -0.129. The van der Waals surface area contributed by atoms with E-state index in [2.05, 4.69) is 5.32 Å². The minimum Gasteiger partial charge on any atom is -0.449 e. The van der Waals surface area contributed by atoms with Crippen LogP contribution in [0.5, 0.6) is 0 Å². The van der Waals surface area contributed by atoms with Gasteiger partial charge in [-0.2, -0.15) is 0 Å². The molecule has 35 heavy (non-hydrogen) atoms. The lowest BCUT2D eigenvalue weighted by Crippen LogP contribution is -2.41. The summed E-state index contributed by atoms with van der Waals surface area (Å²) in [5.74, 6) is -1.04. The van der Waals surface area contributed by atoms with Gasteiger partial charge in [0.2, 0.25) is 0 Å². The molecule has 2 aliphatic carbocycles. The molecule has 1 heterocycles. The normalized spacial score (nSPS) is 17.8. The molecule has 6 heteroatoms. The zero-order chi connectivity index (χ0) is 24.4. The number of benzene rings is 2. The fourth-order valence-electron chi connectivity index (χ4n) is 5.13. The number of amides is 1. The summed E-state index contributed by atoms with van der Waals surface area (Å²) in [7, 11) is 0. The number of para-hydroxylation sites is 1. The van der Waals surface area contributed by atoms with E-state index >= 15 is 0 Å². The molecule has 5 rings (SSSR count). The Labute approximate surface area is 204 Å². The molecule has 3 aromatic rings. The number of carbonyl (C=O) groups is 2. The summed E-state index contributed by atoms with van der Waals surface area (Å²) in [6.07, 6.45) is 7.65. The maximum Gasteiger partial charge on any atom is 0.339 e. The van der Waals surface area contributed by atoms with Gasteiger partial charge in [0.25, 0.3) is 5.91 Å². The lowest BCUT2D eigenvalue weighted by atomic mass is 9.86. The van der Waals surface area contributed by atoms with Crippen molar-refractivity contribution in [3.8, 4) is 0 Å². The Morgan fingerprint density at radius 3 is 2.57 bits per heavy atom. The van der Waals surface area contributed by atoms with E-state index < -0.39 is 12.1 Å². The van der Waals surface area contributed by atoms with Gasteiger partial charge in [-0.25, -0.2) is 14.2 Å². The first-order chi connectivity index (χ1) is 17.0. The Hall–Kier alpha value is -3.54. The summed E-state index contributed by atoms with van der Waals surface area (Å²) in [5, 5.41) is 3.73. The first-order valence-corrected chi connectivity index (χ1v) is 12.4. The number of rotatable bonds is 5. The molecular formula is C29H29FN2O3. The first-order valence-electron chi connectivity index (χ1n) is 12.4. The van der Waals surface area contributed by atoms with Crippen molar-refractivity contribution in [3.05, 3.63) is 76.7 Å². The molecule has 5 nitrogen and oxygen atoms in total.